The lowest BCUT2D eigenvalue weighted by molar-refractivity contribution is 0.425. The normalized spacial score (nSPS) is 11.1. The zero-order chi connectivity index (χ0) is 12.3. The molecule has 0 saturated heterocycles. The van der Waals surface area contributed by atoms with Crippen molar-refractivity contribution in [1.29, 1.82) is 0 Å². The third kappa shape index (κ3) is 2.94. The third-order valence-corrected chi connectivity index (χ3v) is 2.77. The van der Waals surface area contributed by atoms with E-state index in [4.69, 9.17) is 0 Å². The highest BCUT2D eigenvalue weighted by Crippen LogP contribution is 2.19. The van der Waals surface area contributed by atoms with Gasteiger partial charge in [0.1, 0.15) is 5.82 Å². The van der Waals surface area contributed by atoms with Crippen molar-refractivity contribution in [1.82, 2.24) is 9.88 Å². The van der Waals surface area contributed by atoms with Gasteiger partial charge >= 0.3 is 0 Å². The van der Waals surface area contributed by atoms with Gasteiger partial charge in [0, 0.05) is 18.5 Å². The standard InChI is InChI=1S/C14H19N3/c1-11-10-12-6-4-5-7-13(12)16-14(11)15-8-9-17(2)3/h4-7,10H,8-9H2,1-3H3,(H,15,16). The second-order valence-corrected chi connectivity index (χ2v) is 4.58. The molecule has 3 nitrogen and oxygen atoms in total. The Balaban J connectivity index is 2.19. The molecule has 0 fully saturated rings. The van der Waals surface area contributed by atoms with Gasteiger partial charge in [-0.2, -0.15) is 0 Å². The number of likely N-dealkylation sites (N-methyl/N-ethyl adjacent to an activating group) is 1. The monoisotopic (exact) mass is 229 g/mol. The Labute approximate surface area is 102 Å². The van der Waals surface area contributed by atoms with E-state index in [1.807, 2.05) is 18.2 Å². The van der Waals surface area contributed by atoms with Crippen molar-refractivity contribution < 1.29 is 0 Å². The van der Waals surface area contributed by atoms with Gasteiger partial charge in [0.05, 0.1) is 5.52 Å². The third-order valence-electron chi connectivity index (χ3n) is 2.77. The fourth-order valence-corrected chi connectivity index (χ4v) is 1.80. The van der Waals surface area contributed by atoms with Crippen molar-refractivity contribution in [3.05, 3.63) is 35.9 Å². The molecule has 2 rings (SSSR count). The van der Waals surface area contributed by atoms with E-state index in [0.29, 0.717) is 0 Å². The maximum atomic E-state index is 4.64. The average molecular weight is 229 g/mol. The Morgan fingerprint density at radius 1 is 1.24 bits per heavy atom. The summed E-state index contributed by atoms with van der Waals surface area (Å²) in [6.45, 7) is 4.02. The fraction of sp³-hybridized carbons (Fsp3) is 0.357. The first-order valence-corrected chi connectivity index (χ1v) is 5.92. The Bertz CT molecular complexity index is 506. The Hall–Kier alpha value is -1.61. The average Bonchev–Trinajstić information content (AvgIpc) is 2.29. The zero-order valence-electron chi connectivity index (χ0n) is 10.7. The van der Waals surface area contributed by atoms with Gasteiger partial charge in [-0.05, 0) is 38.7 Å². The quantitative estimate of drug-likeness (QED) is 0.873. The topological polar surface area (TPSA) is 28.2 Å². The molecule has 17 heavy (non-hydrogen) atoms. The Morgan fingerprint density at radius 3 is 2.76 bits per heavy atom. The van der Waals surface area contributed by atoms with E-state index in [-0.39, 0.29) is 0 Å². The van der Waals surface area contributed by atoms with E-state index >= 15 is 0 Å². The molecule has 0 radical (unpaired) electrons. The van der Waals surface area contributed by atoms with Crippen molar-refractivity contribution in [2.75, 3.05) is 32.5 Å². The molecule has 90 valence electrons. The lowest BCUT2D eigenvalue weighted by Crippen LogP contribution is -2.21. The van der Waals surface area contributed by atoms with Crippen LogP contribution in [0.2, 0.25) is 0 Å². The van der Waals surface area contributed by atoms with Crippen LogP contribution in [0, 0.1) is 6.92 Å². The molecule has 0 amide bonds. The summed E-state index contributed by atoms with van der Waals surface area (Å²) in [5, 5.41) is 4.58. The summed E-state index contributed by atoms with van der Waals surface area (Å²) < 4.78 is 0. The van der Waals surface area contributed by atoms with Crippen LogP contribution in [0.15, 0.2) is 30.3 Å². The minimum atomic E-state index is 0.916. The van der Waals surface area contributed by atoms with Crippen LogP contribution in [-0.2, 0) is 0 Å². The molecule has 0 bridgehead atoms. The van der Waals surface area contributed by atoms with Crippen LogP contribution in [0.4, 0.5) is 5.82 Å². The number of benzene rings is 1. The summed E-state index contributed by atoms with van der Waals surface area (Å²) in [5.41, 5.74) is 2.24. The number of anilines is 1. The number of nitrogens with zero attached hydrogens (tertiary/aromatic N) is 2. The lowest BCUT2D eigenvalue weighted by atomic mass is 10.1. The molecular weight excluding hydrogens is 210 g/mol. The molecule has 2 aromatic rings. The van der Waals surface area contributed by atoms with E-state index in [1.54, 1.807) is 0 Å². The van der Waals surface area contributed by atoms with Crippen molar-refractivity contribution >= 4 is 16.7 Å². The number of aromatic nitrogens is 1. The molecule has 3 heteroatoms. The highest BCUT2D eigenvalue weighted by atomic mass is 15.1. The summed E-state index contributed by atoms with van der Waals surface area (Å²) in [5.74, 6) is 0.991. The van der Waals surface area contributed by atoms with Gasteiger partial charge in [0.15, 0.2) is 0 Å². The zero-order valence-corrected chi connectivity index (χ0v) is 10.7. The summed E-state index contributed by atoms with van der Waals surface area (Å²) in [6.07, 6.45) is 0. The number of fused-ring (bicyclic) bond motifs is 1. The molecule has 1 aromatic carbocycles. The van der Waals surface area contributed by atoms with Crippen molar-refractivity contribution in [3.8, 4) is 0 Å². The van der Waals surface area contributed by atoms with Crippen LogP contribution >= 0.6 is 0 Å². The predicted octanol–water partition coefficient (Wildman–Crippen LogP) is 2.52. The van der Waals surface area contributed by atoms with Gasteiger partial charge in [-0.3, -0.25) is 0 Å². The number of nitrogens with one attached hydrogen (secondary N) is 1. The van der Waals surface area contributed by atoms with E-state index in [1.165, 1.54) is 10.9 Å². The van der Waals surface area contributed by atoms with Gasteiger partial charge in [-0.25, -0.2) is 4.98 Å². The van der Waals surface area contributed by atoms with Crippen molar-refractivity contribution in [2.45, 2.75) is 6.92 Å². The molecule has 0 aliphatic heterocycles. The molecule has 1 N–H and O–H groups in total. The highest BCUT2D eigenvalue weighted by Gasteiger charge is 2.02. The molecule has 0 aliphatic carbocycles. The van der Waals surface area contributed by atoms with Crippen LogP contribution in [0.25, 0.3) is 10.9 Å². The minimum Gasteiger partial charge on any atom is -0.369 e. The van der Waals surface area contributed by atoms with Crippen molar-refractivity contribution in [2.24, 2.45) is 0 Å². The molecule has 1 heterocycles. The van der Waals surface area contributed by atoms with E-state index in [9.17, 15) is 0 Å². The molecule has 0 aliphatic rings. The van der Waals surface area contributed by atoms with Crippen LogP contribution in [0.3, 0.4) is 0 Å². The molecule has 0 unspecified atom stereocenters. The first kappa shape index (κ1) is 11.9. The number of para-hydroxylation sites is 1. The number of pyridine rings is 1. The number of hydrogen-bond donors (Lipinski definition) is 1. The summed E-state index contributed by atoms with van der Waals surface area (Å²) in [6, 6.07) is 10.4. The molecule has 0 saturated carbocycles. The predicted molar refractivity (Wildman–Crippen MR) is 73.5 cm³/mol. The van der Waals surface area contributed by atoms with Crippen LogP contribution in [0.1, 0.15) is 5.56 Å². The van der Waals surface area contributed by atoms with E-state index < -0.39 is 0 Å². The van der Waals surface area contributed by atoms with Gasteiger partial charge in [-0.1, -0.05) is 18.2 Å². The Morgan fingerprint density at radius 2 is 2.00 bits per heavy atom. The maximum Gasteiger partial charge on any atom is 0.129 e. The van der Waals surface area contributed by atoms with Crippen molar-refractivity contribution in [3.63, 3.8) is 0 Å². The maximum absolute atomic E-state index is 4.64. The molecule has 0 spiro atoms. The fourth-order valence-electron chi connectivity index (χ4n) is 1.80. The van der Waals surface area contributed by atoms with Crippen LogP contribution in [0.5, 0.6) is 0 Å². The minimum absolute atomic E-state index is 0.916. The second-order valence-electron chi connectivity index (χ2n) is 4.58. The first-order chi connectivity index (χ1) is 8.16. The van der Waals surface area contributed by atoms with Gasteiger partial charge < -0.3 is 10.2 Å². The van der Waals surface area contributed by atoms with Gasteiger partial charge in [0.2, 0.25) is 0 Å². The van der Waals surface area contributed by atoms with Gasteiger partial charge in [0.25, 0.3) is 0 Å². The van der Waals surface area contributed by atoms with Gasteiger partial charge in [-0.15, -0.1) is 0 Å². The number of aryl methyl sites for hydroxylation is 1. The van der Waals surface area contributed by atoms with E-state index in [2.05, 4.69) is 48.4 Å². The largest absolute Gasteiger partial charge is 0.369 e. The number of rotatable bonds is 4. The lowest BCUT2D eigenvalue weighted by Gasteiger charge is -2.13. The summed E-state index contributed by atoms with van der Waals surface area (Å²) in [7, 11) is 4.14. The SMILES string of the molecule is Cc1cc2ccccc2nc1NCCN(C)C. The van der Waals surface area contributed by atoms with Crippen LogP contribution in [-0.4, -0.2) is 37.1 Å². The Kier molecular flexibility index (Phi) is 3.59. The highest BCUT2D eigenvalue weighted by molar-refractivity contribution is 5.81. The molecule has 0 atom stereocenters. The molecule has 1 aromatic heterocycles. The molecular formula is C14H19N3. The second kappa shape index (κ2) is 5.15. The number of hydrogen-bond acceptors (Lipinski definition) is 3. The van der Waals surface area contributed by atoms with Crippen LogP contribution < -0.4 is 5.32 Å². The van der Waals surface area contributed by atoms with E-state index in [0.717, 1.165) is 24.4 Å². The smallest absolute Gasteiger partial charge is 0.129 e. The first-order valence-electron chi connectivity index (χ1n) is 5.92. The summed E-state index contributed by atoms with van der Waals surface area (Å²) in [4.78, 5) is 6.80. The summed E-state index contributed by atoms with van der Waals surface area (Å²) >= 11 is 0.